The standard InChI is InChI=1S/C12H16N2O5/c15-11(13-14-3-5-18-6-4-14)9-7-1-2-8(19-7)10(9)12(16)17/h1-2,7-10H,3-6H2,(H,13,15)(H,16,17). The van der Waals surface area contributed by atoms with Crippen molar-refractivity contribution in [2.45, 2.75) is 12.2 Å². The quantitative estimate of drug-likeness (QED) is 0.639. The molecule has 2 fully saturated rings. The van der Waals surface area contributed by atoms with Crippen LogP contribution in [0.15, 0.2) is 12.2 Å². The Balaban J connectivity index is 1.68. The number of morpholine rings is 1. The Hall–Kier alpha value is -1.44. The Morgan fingerprint density at radius 2 is 1.79 bits per heavy atom. The predicted molar refractivity (Wildman–Crippen MR) is 63.0 cm³/mol. The number of hydrazine groups is 1. The highest BCUT2D eigenvalue weighted by atomic mass is 16.5. The molecule has 0 aromatic rings. The van der Waals surface area contributed by atoms with Gasteiger partial charge in [0.15, 0.2) is 0 Å². The lowest BCUT2D eigenvalue weighted by molar-refractivity contribution is -0.148. The number of ether oxygens (including phenoxy) is 2. The molecule has 4 unspecified atom stereocenters. The van der Waals surface area contributed by atoms with Crippen LogP contribution in [0.1, 0.15) is 0 Å². The number of amides is 1. The van der Waals surface area contributed by atoms with Gasteiger partial charge in [0.05, 0.1) is 31.3 Å². The summed E-state index contributed by atoms with van der Waals surface area (Å²) < 4.78 is 10.7. The minimum atomic E-state index is -0.987. The number of rotatable bonds is 3. The molecule has 0 radical (unpaired) electrons. The van der Waals surface area contributed by atoms with Crippen LogP contribution in [0.5, 0.6) is 0 Å². The van der Waals surface area contributed by atoms with Gasteiger partial charge in [-0.25, -0.2) is 5.01 Å². The molecule has 2 saturated heterocycles. The third-order valence-electron chi connectivity index (χ3n) is 3.77. The van der Waals surface area contributed by atoms with Crippen molar-refractivity contribution in [2.24, 2.45) is 11.8 Å². The molecule has 0 aliphatic carbocycles. The zero-order valence-electron chi connectivity index (χ0n) is 10.3. The van der Waals surface area contributed by atoms with Crippen molar-refractivity contribution < 1.29 is 24.2 Å². The first kappa shape index (κ1) is 12.6. The number of nitrogens with one attached hydrogen (secondary N) is 1. The average molecular weight is 268 g/mol. The van der Waals surface area contributed by atoms with E-state index in [-0.39, 0.29) is 5.91 Å². The fraction of sp³-hybridized carbons (Fsp3) is 0.667. The summed E-state index contributed by atoms with van der Waals surface area (Å²) in [6.07, 6.45) is 2.59. The van der Waals surface area contributed by atoms with Gasteiger partial charge in [-0.15, -0.1) is 0 Å². The van der Waals surface area contributed by atoms with E-state index in [2.05, 4.69) is 5.43 Å². The maximum atomic E-state index is 12.2. The number of carboxylic acids is 1. The van der Waals surface area contributed by atoms with Crippen molar-refractivity contribution in [1.29, 1.82) is 0 Å². The first-order valence-corrected chi connectivity index (χ1v) is 6.36. The number of aliphatic carboxylic acids is 1. The molecule has 104 valence electrons. The van der Waals surface area contributed by atoms with Gasteiger partial charge in [0.2, 0.25) is 5.91 Å². The molecule has 3 heterocycles. The van der Waals surface area contributed by atoms with Gasteiger partial charge in [0.25, 0.3) is 0 Å². The first-order chi connectivity index (χ1) is 9.16. The fourth-order valence-corrected chi connectivity index (χ4v) is 2.82. The molecule has 3 rings (SSSR count). The molecule has 0 aromatic heterocycles. The molecular formula is C12H16N2O5. The van der Waals surface area contributed by atoms with Crippen LogP contribution in [0.2, 0.25) is 0 Å². The summed E-state index contributed by atoms with van der Waals surface area (Å²) in [7, 11) is 0. The molecule has 19 heavy (non-hydrogen) atoms. The Morgan fingerprint density at radius 3 is 2.42 bits per heavy atom. The Morgan fingerprint density at radius 1 is 1.16 bits per heavy atom. The third-order valence-corrected chi connectivity index (χ3v) is 3.77. The number of fused-ring (bicyclic) bond motifs is 2. The summed E-state index contributed by atoms with van der Waals surface area (Å²) in [4.78, 5) is 23.5. The summed E-state index contributed by atoms with van der Waals surface area (Å²) in [5.74, 6) is -2.73. The van der Waals surface area contributed by atoms with Crippen molar-refractivity contribution in [3.63, 3.8) is 0 Å². The van der Waals surface area contributed by atoms with Crippen LogP contribution >= 0.6 is 0 Å². The SMILES string of the molecule is O=C(O)C1C2C=CC(O2)C1C(=O)NN1CCOCC1. The zero-order chi connectivity index (χ0) is 13.4. The molecule has 4 atom stereocenters. The van der Waals surface area contributed by atoms with Gasteiger partial charge < -0.3 is 14.6 Å². The van der Waals surface area contributed by atoms with E-state index in [4.69, 9.17) is 9.47 Å². The molecule has 7 nitrogen and oxygen atoms in total. The van der Waals surface area contributed by atoms with Crippen LogP contribution in [0.25, 0.3) is 0 Å². The highest BCUT2D eigenvalue weighted by molar-refractivity contribution is 5.87. The van der Waals surface area contributed by atoms with Gasteiger partial charge in [-0.3, -0.25) is 15.0 Å². The maximum Gasteiger partial charge on any atom is 0.310 e. The number of carboxylic acid groups (broad SMARTS) is 1. The lowest BCUT2D eigenvalue weighted by Crippen LogP contribution is -2.53. The second-order valence-electron chi connectivity index (χ2n) is 4.92. The minimum Gasteiger partial charge on any atom is -0.481 e. The van der Waals surface area contributed by atoms with Crippen molar-refractivity contribution in [3.05, 3.63) is 12.2 Å². The average Bonchev–Trinajstić information content (AvgIpc) is 2.99. The number of carbonyl (C=O) groups is 2. The number of hydrogen-bond acceptors (Lipinski definition) is 5. The van der Waals surface area contributed by atoms with Crippen molar-refractivity contribution >= 4 is 11.9 Å². The van der Waals surface area contributed by atoms with Gasteiger partial charge in [0, 0.05) is 13.1 Å². The first-order valence-electron chi connectivity index (χ1n) is 6.36. The molecule has 3 aliphatic rings. The Bertz CT molecular complexity index is 418. The van der Waals surface area contributed by atoms with Gasteiger partial charge in [-0.1, -0.05) is 12.2 Å². The molecule has 7 heteroatoms. The van der Waals surface area contributed by atoms with E-state index in [9.17, 15) is 14.7 Å². The summed E-state index contributed by atoms with van der Waals surface area (Å²) in [6, 6.07) is 0. The second kappa shape index (κ2) is 4.92. The van der Waals surface area contributed by atoms with E-state index in [1.807, 2.05) is 0 Å². The summed E-state index contributed by atoms with van der Waals surface area (Å²) in [5.41, 5.74) is 2.77. The second-order valence-corrected chi connectivity index (χ2v) is 4.92. The van der Waals surface area contributed by atoms with E-state index >= 15 is 0 Å². The molecule has 0 saturated carbocycles. The van der Waals surface area contributed by atoms with E-state index in [0.29, 0.717) is 26.3 Å². The molecule has 3 aliphatic heterocycles. The Kier molecular flexibility index (Phi) is 3.26. The molecule has 0 aromatic carbocycles. The third kappa shape index (κ3) is 2.24. The van der Waals surface area contributed by atoms with Crippen LogP contribution in [-0.2, 0) is 19.1 Å². The van der Waals surface area contributed by atoms with Crippen LogP contribution in [0.4, 0.5) is 0 Å². The van der Waals surface area contributed by atoms with Crippen LogP contribution < -0.4 is 5.43 Å². The van der Waals surface area contributed by atoms with Gasteiger partial charge in [-0.05, 0) is 0 Å². The molecule has 2 N–H and O–H groups in total. The van der Waals surface area contributed by atoms with Crippen LogP contribution in [0, 0.1) is 11.8 Å². The van der Waals surface area contributed by atoms with Gasteiger partial charge in [0.1, 0.15) is 5.92 Å². The number of hydrogen-bond donors (Lipinski definition) is 2. The molecule has 1 amide bonds. The summed E-state index contributed by atoms with van der Waals surface area (Å²) >= 11 is 0. The monoisotopic (exact) mass is 268 g/mol. The van der Waals surface area contributed by atoms with Crippen molar-refractivity contribution in [1.82, 2.24) is 10.4 Å². The smallest absolute Gasteiger partial charge is 0.310 e. The van der Waals surface area contributed by atoms with E-state index < -0.39 is 30.0 Å². The topological polar surface area (TPSA) is 88.1 Å². The lowest BCUT2D eigenvalue weighted by atomic mass is 9.82. The molecule has 0 spiro atoms. The van der Waals surface area contributed by atoms with E-state index in [1.165, 1.54) is 0 Å². The highest BCUT2D eigenvalue weighted by Crippen LogP contribution is 2.39. The normalized spacial score (nSPS) is 37.5. The Labute approximate surface area is 110 Å². The van der Waals surface area contributed by atoms with Gasteiger partial charge >= 0.3 is 5.97 Å². The fourth-order valence-electron chi connectivity index (χ4n) is 2.82. The minimum absolute atomic E-state index is 0.286. The lowest BCUT2D eigenvalue weighted by Gasteiger charge is -2.29. The largest absolute Gasteiger partial charge is 0.481 e. The maximum absolute atomic E-state index is 12.2. The molecular weight excluding hydrogens is 252 g/mol. The number of nitrogens with zero attached hydrogens (tertiary/aromatic N) is 1. The van der Waals surface area contributed by atoms with Crippen LogP contribution in [0.3, 0.4) is 0 Å². The molecule has 2 bridgehead atoms. The van der Waals surface area contributed by atoms with Crippen molar-refractivity contribution in [3.8, 4) is 0 Å². The number of carbonyl (C=O) groups excluding carboxylic acids is 1. The van der Waals surface area contributed by atoms with Crippen molar-refractivity contribution in [2.75, 3.05) is 26.3 Å². The van der Waals surface area contributed by atoms with E-state index in [0.717, 1.165) is 0 Å². The summed E-state index contributed by atoms with van der Waals surface area (Å²) in [5, 5.41) is 11.0. The summed E-state index contributed by atoms with van der Waals surface area (Å²) in [6.45, 7) is 2.35. The van der Waals surface area contributed by atoms with Gasteiger partial charge in [-0.2, -0.15) is 0 Å². The predicted octanol–water partition coefficient (Wildman–Crippen LogP) is -0.996. The highest BCUT2D eigenvalue weighted by Gasteiger charge is 2.53. The van der Waals surface area contributed by atoms with Crippen LogP contribution in [-0.4, -0.2) is 60.5 Å². The van der Waals surface area contributed by atoms with E-state index in [1.54, 1.807) is 17.2 Å². The zero-order valence-corrected chi connectivity index (χ0v) is 10.3.